The lowest BCUT2D eigenvalue weighted by atomic mass is 10.1. The molecule has 0 unspecified atom stereocenters. The summed E-state index contributed by atoms with van der Waals surface area (Å²) in [5, 5.41) is 4.35. The van der Waals surface area contributed by atoms with Crippen LogP contribution in [0, 0.1) is 0 Å². The lowest BCUT2D eigenvalue weighted by molar-refractivity contribution is 1.50. The Morgan fingerprint density at radius 1 is 1.11 bits per heavy atom. The van der Waals surface area contributed by atoms with Crippen LogP contribution in [-0.4, -0.2) is 4.99 Å². The fraction of sp³-hybridized carbons (Fsp3) is 0. The van der Waals surface area contributed by atoms with Crippen molar-refractivity contribution in [3.63, 3.8) is 0 Å². The van der Waals surface area contributed by atoms with Crippen LogP contribution in [-0.2, 0) is 0 Å². The zero-order valence-electron chi connectivity index (χ0n) is 9.58. The average molecular weight is 376 g/mol. The molecule has 3 N–H and O–H groups in total. The molecule has 0 heterocycles. The van der Waals surface area contributed by atoms with Crippen molar-refractivity contribution in [2.24, 2.45) is 5.73 Å². The van der Waals surface area contributed by atoms with E-state index in [9.17, 15) is 0 Å². The van der Waals surface area contributed by atoms with E-state index in [1.165, 1.54) is 0 Å². The summed E-state index contributed by atoms with van der Waals surface area (Å²) in [6.45, 7) is 0. The highest BCUT2D eigenvalue weighted by Crippen LogP contribution is 2.31. The van der Waals surface area contributed by atoms with Crippen LogP contribution in [0.5, 0.6) is 0 Å². The molecule has 0 saturated heterocycles. The molecule has 6 heteroatoms. The molecule has 2 aromatic carbocycles. The van der Waals surface area contributed by atoms with Gasteiger partial charge in [0.1, 0.15) is 4.99 Å². The molecule has 0 saturated carbocycles. The van der Waals surface area contributed by atoms with Crippen LogP contribution < -0.4 is 11.1 Å². The number of nitrogens with one attached hydrogen (secondary N) is 1. The zero-order valence-corrected chi connectivity index (χ0v) is 13.5. The minimum absolute atomic E-state index is 0.313. The first-order valence-corrected chi connectivity index (χ1v) is 7.24. The van der Waals surface area contributed by atoms with Crippen molar-refractivity contribution in [3.8, 4) is 0 Å². The quantitative estimate of drug-likeness (QED) is 0.730. The first-order chi connectivity index (χ1) is 8.97. The predicted molar refractivity (Wildman–Crippen MR) is 89.8 cm³/mol. The molecule has 0 amide bonds. The molecule has 0 fully saturated rings. The molecule has 19 heavy (non-hydrogen) atoms. The molecule has 2 rings (SSSR count). The summed E-state index contributed by atoms with van der Waals surface area (Å²) in [6, 6.07) is 10.8. The number of nitrogens with two attached hydrogens (primary N) is 1. The van der Waals surface area contributed by atoms with Crippen molar-refractivity contribution >= 4 is 67.7 Å². The smallest absolute Gasteiger partial charge is 0.106 e. The van der Waals surface area contributed by atoms with E-state index in [4.69, 9.17) is 41.2 Å². The van der Waals surface area contributed by atoms with Crippen LogP contribution in [0.15, 0.2) is 40.9 Å². The van der Waals surface area contributed by atoms with Gasteiger partial charge < -0.3 is 11.1 Å². The Kier molecular flexibility index (Phi) is 4.68. The maximum Gasteiger partial charge on any atom is 0.106 e. The Hall–Kier alpha value is -0.810. The summed E-state index contributed by atoms with van der Waals surface area (Å²) in [4.78, 5) is 0.313. The molecule has 98 valence electrons. The molecule has 0 aliphatic carbocycles. The van der Waals surface area contributed by atoms with Gasteiger partial charge in [0.15, 0.2) is 0 Å². The predicted octanol–water partition coefficient (Wildman–Crippen LogP) is 5.13. The van der Waals surface area contributed by atoms with Gasteiger partial charge in [0.2, 0.25) is 0 Å². The number of thiocarbonyl (C=S) groups is 1. The van der Waals surface area contributed by atoms with E-state index >= 15 is 0 Å². The fourth-order valence-electron chi connectivity index (χ4n) is 1.57. The van der Waals surface area contributed by atoms with Gasteiger partial charge in [-0.05, 0) is 36.4 Å². The van der Waals surface area contributed by atoms with E-state index in [1.54, 1.807) is 18.2 Å². The monoisotopic (exact) mass is 374 g/mol. The van der Waals surface area contributed by atoms with Crippen molar-refractivity contribution < 1.29 is 0 Å². The van der Waals surface area contributed by atoms with Crippen molar-refractivity contribution in [1.82, 2.24) is 0 Å². The fourth-order valence-corrected chi connectivity index (χ4v) is 2.45. The topological polar surface area (TPSA) is 38.0 Å². The molecular formula is C13H9BrCl2N2S. The minimum Gasteiger partial charge on any atom is -0.389 e. The van der Waals surface area contributed by atoms with Gasteiger partial charge in [-0.1, -0.05) is 51.3 Å². The Bertz CT molecular complexity index is 647. The Morgan fingerprint density at radius 2 is 1.84 bits per heavy atom. The highest BCUT2D eigenvalue weighted by atomic mass is 79.9. The van der Waals surface area contributed by atoms with E-state index < -0.39 is 0 Å². The van der Waals surface area contributed by atoms with Gasteiger partial charge in [-0.2, -0.15) is 0 Å². The van der Waals surface area contributed by atoms with E-state index in [0.717, 1.165) is 15.7 Å². The molecule has 0 spiro atoms. The van der Waals surface area contributed by atoms with E-state index in [-0.39, 0.29) is 0 Å². The van der Waals surface area contributed by atoms with Crippen LogP contribution in [0.3, 0.4) is 0 Å². The lowest BCUT2D eigenvalue weighted by Crippen LogP contribution is -2.12. The lowest BCUT2D eigenvalue weighted by Gasteiger charge is -2.13. The van der Waals surface area contributed by atoms with Gasteiger partial charge in [-0.3, -0.25) is 0 Å². The van der Waals surface area contributed by atoms with Crippen LogP contribution in [0.1, 0.15) is 5.56 Å². The number of hydrogen-bond donors (Lipinski definition) is 2. The summed E-state index contributed by atoms with van der Waals surface area (Å²) in [7, 11) is 0. The third-order valence-electron chi connectivity index (χ3n) is 2.44. The van der Waals surface area contributed by atoms with Gasteiger partial charge in [0.25, 0.3) is 0 Å². The number of anilines is 2. The van der Waals surface area contributed by atoms with Crippen molar-refractivity contribution in [3.05, 3.63) is 56.5 Å². The normalized spacial score (nSPS) is 10.3. The van der Waals surface area contributed by atoms with Crippen LogP contribution in [0.4, 0.5) is 11.4 Å². The average Bonchev–Trinajstić information content (AvgIpc) is 2.33. The SMILES string of the molecule is NC(=S)c1ccc(Br)cc1Nc1cc(Cl)ccc1Cl. The van der Waals surface area contributed by atoms with Crippen molar-refractivity contribution in [2.75, 3.05) is 5.32 Å². The van der Waals surface area contributed by atoms with Gasteiger partial charge in [-0.25, -0.2) is 0 Å². The molecule has 0 aliphatic rings. The second-order valence-electron chi connectivity index (χ2n) is 3.80. The number of rotatable bonds is 3. The van der Waals surface area contributed by atoms with E-state index in [1.807, 2.05) is 18.2 Å². The second kappa shape index (κ2) is 6.09. The maximum absolute atomic E-state index is 6.12. The van der Waals surface area contributed by atoms with Crippen LogP contribution >= 0.6 is 51.3 Å². The largest absolute Gasteiger partial charge is 0.389 e. The summed E-state index contributed by atoms with van der Waals surface area (Å²) >= 11 is 20.5. The summed E-state index contributed by atoms with van der Waals surface area (Å²) in [5.74, 6) is 0. The number of benzene rings is 2. The Morgan fingerprint density at radius 3 is 2.53 bits per heavy atom. The standard InChI is InChI=1S/C13H9BrCl2N2S/c14-7-1-3-9(13(17)19)11(5-7)18-12-6-8(15)2-4-10(12)16/h1-6,18H,(H2,17,19). The number of halogens is 3. The second-order valence-corrected chi connectivity index (χ2v) is 6.00. The molecule has 0 aliphatic heterocycles. The van der Waals surface area contributed by atoms with Gasteiger partial charge in [0, 0.05) is 20.7 Å². The van der Waals surface area contributed by atoms with Crippen LogP contribution in [0.25, 0.3) is 0 Å². The molecule has 0 aromatic heterocycles. The van der Waals surface area contributed by atoms with E-state index in [0.29, 0.717) is 20.7 Å². The highest BCUT2D eigenvalue weighted by Gasteiger charge is 2.08. The Balaban J connectivity index is 2.45. The first-order valence-electron chi connectivity index (χ1n) is 5.29. The summed E-state index contributed by atoms with van der Waals surface area (Å²) in [6.07, 6.45) is 0. The first kappa shape index (κ1) is 14.6. The van der Waals surface area contributed by atoms with Gasteiger partial charge >= 0.3 is 0 Å². The summed E-state index contributed by atoms with van der Waals surface area (Å²) in [5.41, 5.74) is 7.92. The molecule has 2 nitrogen and oxygen atoms in total. The van der Waals surface area contributed by atoms with E-state index in [2.05, 4.69) is 21.2 Å². The highest BCUT2D eigenvalue weighted by molar-refractivity contribution is 9.10. The Labute approximate surface area is 135 Å². The van der Waals surface area contributed by atoms with Crippen molar-refractivity contribution in [2.45, 2.75) is 0 Å². The van der Waals surface area contributed by atoms with Gasteiger partial charge in [-0.15, -0.1) is 0 Å². The van der Waals surface area contributed by atoms with Crippen LogP contribution in [0.2, 0.25) is 10.0 Å². The molecule has 2 aromatic rings. The van der Waals surface area contributed by atoms with Gasteiger partial charge in [0.05, 0.1) is 10.7 Å². The molecular weight excluding hydrogens is 367 g/mol. The molecule has 0 radical (unpaired) electrons. The zero-order chi connectivity index (χ0) is 14.0. The summed E-state index contributed by atoms with van der Waals surface area (Å²) < 4.78 is 0.910. The minimum atomic E-state index is 0.313. The molecule has 0 bridgehead atoms. The third-order valence-corrected chi connectivity index (χ3v) is 3.72. The third kappa shape index (κ3) is 3.60. The maximum atomic E-state index is 6.12. The van der Waals surface area contributed by atoms with Crippen molar-refractivity contribution in [1.29, 1.82) is 0 Å². The molecule has 0 atom stereocenters. The number of hydrogen-bond acceptors (Lipinski definition) is 2.